The molecule has 3 aromatic rings. The van der Waals surface area contributed by atoms with E-state index in [1.165, 1.54) is 21.8 Å². The molecule has 0 radical (unpaired) electrons. The highest BCUT2D eigenvalue weighted by Crippen LogP contribution is 2.59. The third-order valence-electron chi connectivity index (χ3n) is 13.0. The van der Waals surface area contributed by atoms with Crippen molar-refractivity contribution in [2.75, 3.05) is 13.1 Å². The zero-order valence-corrected chi connectivity index (χ0v) is 34.4. The molecule has 0 spiro atoms. The molecule has 8 heteroatoms. The number of ketones is 1. The number of hydrogen-bond donors (Lipinski definition) is 2. The molecule has 2 fully saturated rings. The van der Waals surface area contributed by atoms with E-state index in [4.69, 9.17) is 4.74 Å². The van der Waals surface area contributed by atoms with Crippen LogP contribution in [0.5, 0.6) is 0 Å². The van der Waals surface area contributed by atoms with Crippen LogP contribution in [0.2, 0.25) is 0 Å². The van der Waals surface area contributed by atoms with Gasteiger partial charge < -0.3 is 19.8 Å². The quantitative estimate of drug-likeness (QED) is 0.168. The Hall–Kier alpha value is -2.78. The van der Waals surface area contributed by atoms with Crippen molar-refractivity contribution < 1.29 is 24.5 Å². The summed E-state index contributed by atoms with van der Waals surface area (Å²) < 4.78 is 6.48. The number of nitrogens with zero attached hydrogens (tertiary/aromatic N) is 1. The molecule has 2 saturated carbocycles. The minimum atomic E-state index is -1.21. The highest BCUT2D eigenvalue weighted by Gasteiger charge is 2.58. The zero-order chi connectivity index (χ0) is 37.9. The number of benzene rings is 1. The number of amides is 1. The Morgan fingerprint density at radius 1 is 1.06 bits per heavy atom. The Morgan fingerprint density at radius 2 is 1.87 bits per heavy atom. The van der Waals surface area contributed by atoms with E-state index in [0.717, 1.165) is 48.1 Å². The summed E-state index contributed by atoms with van der Waals surface area (Å²) in [7, 11) is 0. The molecule has 2 N–H and O–H groups in total. The number of carbonyl (C=O) groups is 2. The molecule has 1 aromatic carbocycles. The van der Waals surface area contributed by atoms with Gasteiger partial charge in [-0.05, 0) is 142 Å². The van der Waals surface area contributed by atoms with Gasteiger partial charge in [-0.1, -0.05) is 64.0 Å². The average Bonchev–Trinajstić information content (AvgIpc) is 3.85. The van der Waals surface area contributed by atoms with Crippen LogP contribution >= 0.6 is 22.7 Å². The summed E-state index contributed by atoms with van der Waals surface area (Å²) in [6.07, 6.45) is 9.72. The molecule has 53 heavy (non-hydrogen) atoms. The van der Waals surface area contributed by atoms with Gasteiger partial charge in [0.15, 0.2) is 0 Å². The average molecular weight is 760 g/mol. The van der Waals surface area contributed by atoms with Crippen molar-refractivity contribution in [1.82, 2.24) is 4.90 Å². The fraction of sp³-hybridized carbons (Fsp3) is 0.600. The third kappa shape index (κ3) is 9.03. The fourth-order valence-electron chi connectivity index (χ4n) is 9.59. The summed E-state index contributed by atoms with van der Waals surface area (Å²) in [6.45, 7) is 13.7. The van der Waals surface area contributed by atoms with Crippen molar-refractivity contribution in [2.24, 2.45) is 23.2 Å². The Morgan fingerprint density at radius 3 is 2.58 bits per heavy atom. The molecule has 7 rings (SSSR count). The Bertz CT molecular complexity index is 1740. The van der Waals surface area contributed by atoms with E-state index >= 15 is 0 Å². The summed E-state index contributed by atoms with van der Waals surface area (Å²) >= 11 is 3.20. The molecule has 2 heterocycles. The van der Waals surface area contributed by atoms with E-state index in [-0.39, 0.29) is 30.4 Å². The van der Waals surface area contributed by atoms with Crippen LogP contribution in [-0.4, -0.2) is 57.9 Å². The smallest absolute Gasteiger partial charge is 0.410 e. The van der Waals surface area contributed by atoms with Crippen molar-refractivity contribution in [2.45, 2.75) is 136 Å². The molecule has 0 unspecified atom stereocenters. The van der Waals surface area contributed by atoms with Gasteiger partial charge in [0.05, 0.1) is 23.1 Å². The van der Waals surface area contributed by atoms with Gasteiger partial charge in [0, 0.05) is 27.3 Å². The molecule has 4 aliphatic rings. The first-order valence-electron chi connectivity index (χ1n) is 20.0. The van der Waals surface area contributed by atoms with E-state index in [1.807, 2.05) is 31.2 Å². The summed E-state index contributed by atoms with van der Waals surface area (Å²) in [5.74, 6) is 1.14. The van der Waals surface area contributed by atoms with E-state index < -0.39 is 17.1 Å². The lowest BCUT2D eigenvalue weighted by atomic mass is 9.64. The predicted molar refractivity (Wildman–Crippen MR) is 217 cm³/mol. The Kier molecular flexibility index (Phi) is 12.7. The maximum absolute atomic E-state index is 14.4. The van der Waals surface area contributed by atoms with E-state index in [0.29, 0.717) is 73.3 Å². The second-order valence-corrected chi connectivity index (χ2v) is 19.5. The summed E-state index contributed by atoms with van der Waals surface area (Å²) in [4.78, 5) is 33.6. The molecule has 2 aromatic heterocycles. The standard InChI is InChI=1S/C45H61NO5S2/c1-29(2)36-16-12-31(4)25-40(36)51-43(49)46(23-20-35-10-8-24-52-35)28-45(50)22-19-39-37-17-14-33(27-38(37)42(48)41-18-13-32(5)53-41)26-34(47)15-11-30(3)9-7-21-44(39,45)6/h8-10,13-14,17-18,24,27,29,31,34,36,39-40,47,50H,7,11-12,15-16,19-23,25-26,28H2,1-6H3/t31-,34-,36+,39-,40-,44-,45+/m0/s1. The van der Waals surface area contributed by atoms with Crippen LogP contribution in [0.25, 0.3) is 0 Å². The van der Waals surface area contributed by atoms with Gasteiger partial charge in [-0.15, -0.1) is 22.7 Å². The number of thiophene rings is 2. The van der Waals surface area contributed by atoms with Crippen LogP contribution in [0, 0.1) is 30.1 Å². The fourth-order valence-corrected chi connectivity index (χ4v) is 11.1. The maximum Gasteiger partial charge on any atom is 0.410 e. The van der Waals surface area contributed by atoms with Gasteiger partial charge in [-0.2, -0.15) is 0 Å². The second kappa shape index (κ2) is 16.9. The summed E-state index contributed by atoms with van der Waals surface area (Å²) in [6, 6.07) is 14.2. The minimum absolute atomic E-state index is 0.00219. The van der Waals surface area contributed by atoms with Gasteiger partial charge in [-0.3, -0.25) is 4.79 Å². The van der Waals surface area contributed by atoms with Crippen LogP contribution in [0.1, 0.15) is 134 Å². The maximum atomic E-state index is 14.4. The van der Waals surface area contributed by atoms with Crippen LogP contribution in [0.4, 0.5) is 4.79 Å². The highest BCUT2D eigenvalue weighted by atomic mass is 32.1. The lowest BCUT2D eigenvalue weighted by molar-refractivity contribution is -0.0861. The van der Waals surface area contributed by atoms with Crippen molar-refractivity contribution in [3.05, 3.63) is 90.8 Å². The number of allylic oxidation sites excluding steroid dienone is 2. The van der Waals surface area contributed by atoms with E-state index in [9.17, 15) is 19.8 Å². The molecule has 0 saturated heterocycles. The van der Waals surface area contributed by atoms with Gasteiger partial charge >= 0.3 is 6.09 Å². The topological polar surface area (TPSA) is 87.1 Å². The second-order valence-electron chi connectivity index (χ2n) is 17.2. The third-order valence-corrected chi connectivity index (χ3v) is 14.9. The van der Waals surface area contributed by atoms with Crippen LogP contribution in [0.15, 0.2) is 59.5 Å². The normalized spacial score (nSPS) is 29.4. The molecule has 6 nitrogen and oxygen atoms in total. The van der Waals surface area contributed by atoms with Crippen molar-refractivity contribution in [1.29, 1.82) is 0 Å². The number of aliphatic hydroxyl groups is 2. The monoisotopic (exact) mass is 759 g/mol. The predicted octanol–water partition coefficient (Wildman–Crippen LogP) is 10.5. The molecule has 4 aliphatic carbocycles. The molecule has 7 atom stereocenters. The van der Waals surface area contributed by atoms with Crippen LogP contribution in [-0.2, 0) is 17.6 Å². The highest BCUT2D eigenvalue weighted by molar-refractivity contribution is 7.14. The zero-order valence-electron chi connectivity index (χ0n) is 32.7. The Labute approximate surface area is 325 Å². The number of hydrogen-bond acceptors (Lipinski definition) is 7. The van der Waals surface area contributed by atoms with E-state index in [2.05, 4.69) is 64.3 Å². The lowest BCUT2D eigenvalue weighted by Gasteiger charge is -2.46. The minimum Gasteiger partial charge on any atom is -0.446 e. The van der Waals surface area contributed by atoms with Crippen LogP contribution < -0.4 is 0 Å². The number of ether oxygens (including phenoxy) is 1. The van der Waals surface area contributed by atoms with Gasteiger partial charge in [0.25, 0.3) is 0 Å². The van der Waals surface area contributed by atoms with Crippen molar-refractivity contribution in [3.8, 4) is 0 Å². The van der Waals surface area contributed by atoms with Crippen molar-refractivity contribution >= 4 is 34.6 Å². The molecule has 288 valence electrons. The SMILES string of the molecule is CC1=CCC[C@@]2(C)[C@@H](CC[C@@]2(O)CN(CCc2cccs2)C(=O)O[C@H]2C[C@@H](C)CC[C@@H]2C(C)C)c2ccc(cc2C(=O)c2ccc(C)s2)C[C@@H](O)CC1. The molecular formula is C45H61NO5S2. The molecule has 0 aliphatic heterocycles. The first-order valence-corrected chi connectivity index (χ1v) is 21.7. The Balaban J connectivity index is 1.37. The van der Waals surface area contributed by atoms with E-state index in [1.54, 1.807) is 16.2 Å². The summed E-state index contributed by atoms with van der Waals surface area (Å²) in [5.41, 5.74) is 1.96. The number of aliphatic hydroxyl groups excluding tert-OH is 1. The molecule has 2 bridgehead atoms. The first-order chi connectivity index (χ1) is 25.3. The number of rotatable bonds is 9. The largest absolute Gasteiger partial charge is 0.446 e. The van der Waals surface area contributed by atoms with Gasteiger partial charge in [0.2, 0.25) is 5.78 Å². The first kappa shape index (κ1) is 39.9. The van der Waals surface area contributed by atoms with Crippen LogP contribution in [0.3, 0.4) is 0 Å². The number of carbonyl (C=O) groups excluding carboxylic acids is 2. The van der Waals surface area contributed by atoms with Crippen molar-refractivity contribution in [3.63, 3.8) is 0 Å². The number of aryl methyl sites for hydroxylation is 1. The molecular weight excluding hydrogens is 699 g/mol. The number of fused-ring (bicyclic) bond motifs is 8. The molecule has 1 amide bonds. The van der Waals surface area contributed by atoms with Gasteiger partial charge in [-0.25, -0.2) is 4.79 Å². The lowest BCUT2D eigenvalue weighted by Crippen LogP contribution is -2.54. The van der Waals surface area contributed by atoms with Gasteiger partial charge in [0.1, 0.15) is 6.10 Å². The summed E-state index contributed by atoms with van der Waals surface area (Å²) in [5, 5.41) is 26.2.